The zero-order valence-electron chi connectivity index (χ0n) is 17.3. The van der Waals surface area contributed by atoms with Crippen LogP contribution in [-0.4, -0.2) is 57.3 Å². The summed E-state index contributed by atoms with van der Waals surface area (Å²) in [6.07, 6.45) is 4.57. The number of aryl methyl sites for hydroxylation is 1. The Morgan fingerprint density at radius 3 is 2.73 bits per heavy atom. The zero-order chi connectivity index (χ0) is 20.9. The fraction of sp³-hybridized carbons (Fsp3) is 0.652. The van der Waals surface area contributed by atoms with Crippen molar-refractivity contribution in [2.24, 2.45) is 11.8 Å². The van der Waals surface area contributed by atoms with Crippen LogP contribution in [0.15, 0.2) is 18.2 Å². The lowest BCUT2D eigenvalue weighted by Gasteiger charge is -2.57. The van der Waals surface area contributed by atoms with Crippen LogP contribution in [0.4, 0.5) is 4.79 Å². The molecule has 2 aliphatic heterocycles. The fourth-order valence-electron chi connectivity index (χ4n) is 7.28. The number of rotatable bonds is 3. The molecule has 160 valence electrons. The average molecular weight is 412 g/mol. The second-order valence-corrected chi connectivity index (χ2v) is 10.5. The van der Waals surface area contributed by atoms with Crippen molar-refractivity contribution in [3.05, 3.63) is 29.3 Å². The minimum Gasteiger partial charge on any atom is -0.508 e. The number of nitrogens with zero attached hydrogens (tertiary/aromatic N) is 1. The lowest BCUT2D eigenvalue weighted by molar-refractivity contribution is -0.148. The molecule has 6 rings (SSSR count). The minimum atomic E-state index is -0.994. The van der Waals surface area contributed by atoms with Crippen LogP contribution in [0.25, 0.3) is 0 Å². The van der Waals surface area contributed by atoms with Crippen molar-refractivity contribution >= 4 is 11.9 Å². The Balaban J connectivity index is 1.47. The van der Waals surface area contributed by atoms with Gasteiger partial charge in [0.1, 0.15) is 11.3 Å². The fourth-order valence-corrected chi connectivity index (χ4v) is 7.28. The summed E-state index contributed by atoms with van der Waals surface area (Å²) >= 11 is 0. The summed E-state index contributed by atoms with van der Waals surface area (Å²) < 4.78 is 0. The first kappa shape index (κ1) is 18.6. The van der Waals surface area contributed by atoms with Gasteiger partial charge >= 0.3 is 6.03 Å². The molecule has 3 amide bonds. The van der Waals surface area contributed by atoms with E-state index < -0.39 is 22.6 Å². The maximum Gasteiger partial charge on any atom is 0.322 e. The van der Waals surface area contributed by atoms with Gasteiger partial charge in [0.15, 0.2) is 0 Å². The van der Waals surface area contributed by atoms with Gasteiger partial charge in [-0.3, -0.25) is 15.0 Å². The van der Waals surface area contributed by atoms with E-state index >= 15 is 0 Å². The molecule has 4 N–H and O–H groups in total. The maximum absolute atomic E-state index is 12.8. The number of hydrogen-bond acceptors (Lipinski definition) is 5. The monoisotopic (exact) mass is 411 g/mol. The summed E-state index contributed by atoms with van der Waals surface area (Å²) in [5.41, 5.74) is -0.743. The maximum atomic E-state index is 12.8. The van der Waals surface area contributed by atoms with Crippen LogP contribution < -0.4 is 10.6 Å². The lowest BCUT2D eigenvalue weighted by atomic mass is 9.55. The van der Waals surface area contributed by atoms with Gasteiger partial charge in [-0.15, -0.1) is 0 Å². The van der Waals surface area contributed by atoms with Crippen LogP contribution in [0, 0.1) is 18.8 Å². The Labute approximate surface area is 175 Å². The SMILES string of the molecule is Cc1ccc(O)cc1[C@]12CC3CN(CC4CC4)[C@H]3[C@]1(O)CC[C@@]1(C2)NC(=O)NC1=O. The van der Waals surface area contributed by atoms with Crippen molar-refractivity contribution in [3.63, 3.8) is 0 Å². The van der Waals surface area contributed by atoms with Crippen molar-refractivity contribution in [1.29, 1.82) is 0 Å². The Hall–Kier alpha value is -2.12. The van der Waals surface area contributed by atoms with Crippen LogP contribution in [0.2, 0.25) is 0 Å². The van der Waals surface area contributed by atoms with Gasteiger partial charge in [0.25, 0.3) is 5.91 Å². The number of carbonyl (C=O) groups is 2. The van der Waals surface area contributed by atoms with Crippen LogP contribution in [0.5, 0.6) is 5.75 Å². The third-order valence-corrected chi connectivity index (χ3v) is 8.71. The third kappa shape index (κ3) is 2.28. The van der Waals surface area contributed by atoms with E-state index in [0.29, 0.717) is 25.2 Å². The van der Waals surface area contributed by atoms with Gasteiger partial charge in [-0.25, -0.2) is 4.79 Å². The third-order valence-electron chi connectivity index (χ3n) is 8.71. The number of urea groups is 1. The number of fused-ring (bicyclic) bond motifs is 3. The number of phenols is 1. The highest BCUT2D eigenvalue weighted by molar-refractivity contribution is 6.07. The summed E-state index contributed by atoms with van der Waals surface area (Å²) in [6, 6.07) is 4.95. The molecule has 3 saturated carbocycles. The zero-order valence-corrected chi connectivity index (χ0v) is 17.3. The number of carbonyl (C=O) groups excluding carboxylic acids is 2. The Bertz CT molecular complexity index is 962. The summed E-state index contributed by atoms with van der Waals surface area (Å²) in [6.45, 7) is 4.02. The largest absolute Gasteiger partial charge is 0.508 e. The van der Waals surface area contributed by atoms with Gasteiger partial charge in [-0.05, 0) is 80.5 Å². The Morgan fingerprint density at radius 1 is 1.23 bits per heavy atom. The highest BCUT2D eigenvalue weighted by Crippen LogP contribution is 2.65. The molecule has 7 nitrogen and oxygen atoms in total. The van der Waals surface area contributed by atoms with Gasteiger partial charge in [0, 0.05) is 24.5 Å². The van der Waals surface area contributed by atoms with Gasteiger partial charge in [-0.2, -0.15) is 0 Å². The van der Waals surface area contributed by atoms with E-state index in [1.165, 1.54) is 12.8 Å². The van der Waals surface area contributed by atoms with Crippen LogP contribution in [0.1, 0.15) is 49.7 Å². The molecular formula is C23H29N3O4. The van der Waals surface area contributed by atoms with Gasteiger partial charge in [0.2, 0.25) is 0 Å². The highest BCUT2D eigenvalue weighted by atomic mass is 16.3. The first-order valence-electron chi connectivity index (χ1n) is 11.2. The Kier molecular flexibility index (Phi) is 3.58. The molecular weight excluding hydrogens is 382 g/mol. The molecule has 1 aromatic carbocycles. The predicted molar refractivity (Wildman–Crippen MR) is 109 cm³/mol. The van der Waals surface area contributed by atoms with Crippen molar-refractivity contribution in [3.8, 4) is 5.75 Å². The average Bonchev–Trinajstić information content (AvgIpc) is 3.40. The predicted octanol–water partition coefficient (Wildman–Crippen LogP) is 1.55. The van der Waals surface area contributed by atoms with E-state index in [1.807, 2.05) is 13.0 Å². The summed E-state index contributed by atoms with van der Waals surface area (Å²) in [4.78, 5) is 27.3. The number of aromatic hydroxyl groups is 1. The molecule has 0 radical (unpaired) electrons. The van der Waals surface area contributed by atoms with E-state index in [9.17, 15) is 19.8 Å². The van der Waals surface area contributed by atoms with Crippen molar-refractivity contribution < 1.29 is 19.8 Å². The van der Waals surface area contributed by atoms with Crippen molar-refractivity contribution in [2.45, 2.75) is 68.0 Å². The topological polar surface area (TPSA) is 102 Å². The Morgan fingerprint density at radius 2 is 2.03 bits per heavy atom. The van der Waals surface area contributed by atoms with Crippen LogP contribution in [-0.2, 0) is 10.2 Å². The van der Waals surface area contributed by atoms with Gasteiger partial charge < -0.3 is 15.5 Å². The summed E-state index contributed by atoms with van der Waals surface area (Å²) in [5, 5.41) is 28.0. The number of likely N-dealkylation sites (tertiary alicyclic amines) is 1. The molecule has 1 unspecified atom stereocenters. The molecule has 0 bridgehead atoms. The van der Waals surface area contributed by atoms with Gasteiger partial charge in [-0.1, -0.05) is 6.07 Å². The molecule has 3 aliphatic carbocycles. The first-order valence-corrected chi connectivity index (χ1v) is 11.2. The molecule has 7 heteroatoms. The molecule has 5 fully saturated rings. The quantitative estimate of drug-likeness (QED) is 0.566. The van der Waals surface area contributed by atoms with Crippen LogP contribution in [0.3, 0.4) is 0 Å². The normalized spacial score (nSPS) is 42.5. The van der Waals surface area contributed by atoms with Crippen molar-refractivity contribution in [1.82, 2.24) is 15.5 Å². The number of hydrogen-bond donors (Lipinski definition) is 4. The highest BCUT2D eigenvalue weighted by Gasteiger charge is 2.74. The molecule has 5 aliphatic rings. The van der Waals surface area contributed by atoms with Crippen molar-refractivity contribution in [2.75, 3.05) is 13.1 Å². The summed E-state index contributed by atoms with van der Waals surface area (Å²) in [5.74, 6) is 0.995. The van der Waals surface area contributed by atoms with Gasteiger partial charge in [0.05, 0.1) is 5.60 Å². The second kappa shape index (κ2) is 5.77. The van der Waals surface area contributed by atoms with E-state index in [1.54, 1.807) is 12.1 Å². The molecule has 2 heterocycles. The molecule has 2 saturated heterocycles. The number of aliphatic hydroxyl groups is 1. The molecule has 30 heavy (non-hydrogen) atoms. The standard InChI is InChI=1S/C23H29N3O4/c1-13-2-5-16(27)8-17(13)21-9-15-11-26(10-14-3-4-14)18(15)23(21,30)7-6-22(12-21)19(28)24-20(29)25-22/h2,5,8,14-15,18,27,30H,3-4,6-7,9-12H2,1H3,(H2,24,25,28,29)/t15?,18-,21-,22+,23-/m1/s1. The second-order valence-electron chi connectivity index (χ2n) is 10.5. The number of phenolic OH excluding ortho intramolecular Hbond substituents is 1. The molecule has 1 spiro atoms. The van der Waals surface area contributed by atoms with E-state index in [2.05, 4.69) is 15.5 Å². The van der Waals surface area contributed by atoms with Crippen LogP contribution >= 0.6 is 0 Å². The van der Waals surface area contributed by atoms with E-state index in [4.69, 9.17) is 0 Å². The van der Waals surface area contributed by atoms with E-state index in [-0.39, 0.29) is 17.7 Å². The lowest BCUT2D eigenvalue weighted by Crippen LogP contribution is -2.70. The number of amides is 3. The number of nitrogens with one attached hydrogen (secondary N) is 2. The summed E-state index contributed by atoms with van der Waals surface area (Å²) in [7, 11) is 0. The molecule has 5 atom stereocenters. The molecule has 0 aromatic heterocycles. The minimum absolute atomic E-state index is 0.0809. The number of imide groups is 1. The molecule has 1 aromatic rings. The smallest absolute Gasteiger partial charge is 0.322 e. The number of benzene rings is 1. The van der Waals surface area contributed by atoms with E-state index in [0.717, 1.165) is 36.6 Å². The first-order chi connectivity index (χ1) is 14.3.